The molecule has 0 radical (unpaired) electrons. The van der Waals surface area contributed by atoms with Crippen molar-refractivity contribution >= 4 is 46.5 Å². The standard InChI is InChI=1S/C41H43F3N12O6/c42-41(43,44)28-19-25(48-40(61)49-29-21-45-31-12-13-47-56(31)36(29)23-4-1-2-5-23)20-46-35(28)37-51-33(62-52-37)6-3-7-34(58)54-16-14-53(15-17-54)26-8-9-27-24(18-26)22-55(39(27)60)30-10-11-32(57)50-38(30)59/h8-9,12-13,18-21,23,30,38,59H,1-7,10-11,14-17,22H2,(H,50,57)(H2,48,49,61). The van der Waals surface area contributed by atoms with Gasteiger partial charge in [0.2, 0.25) is 23.5 Å². The number of hydrogen-bond acceptors (Lipinski definition) is 12. The van der Waals surface area contributed by atoms with Gasteiger partial charge in [0.05, 0.1) is 47.3 Å². The van der Waals surface area contributed by atoms with E-state index in [0.717, 1.165) is 54.9 Å². The van der Waals surface area contributed by atoms with E-state index in [-0.39, 0.29) is 60.3 Å². The summed E-state index contributed by atoms with van der Waals surface area (Å²) in [5.41, 5.74) is 2.18. The monoisotopic (exact) mass is 856 g/mol. The van der Waals surface area contributed by atoms with Crippen molar-refractivity contribution in [2.45, 2.75) is 88.7 Å². The number of nitrogens with zero attached hydrogens (tertiary/aromatic N) is 9. The predicted octanol–water partition coefficient (Wildman–Crippen LogP) is 4.72. The molecule has 2 saturated heterocycles. The normalized spacial score (nSPS) is 19.6. The van der Waals surface area contributed by atoms with E-state index in [1.165, 1.54) is 6.20 Å². The van der Waals surface area contributed by atoms with Crippen LogP contribution in [0.25, 0.3) is 17.2 Å². The number of amides is 5. The number of nitrogens with one attached hydrogen (secondary N) is 3. The molecule has 0 spiro atoms. The molecule has 324 valence electrons. The van der Waals surface area contributed by atoms with E-state index in [1.54, 1.807) is 32.6 Å². The molecule has 2 atom stereocenters. The summed E-state index contributed by atoms with van der Waals surface area (Å²) in [5, 5.41) is 26.2. The van der Waals surface area contributed by atoms with Crippen LogP contribution < -0.4 is 20.9 Å². The summed E-state index contributed by atoms with van der Waals surface area (Å²) >= 11 is 0. The first-order chi connectivity index (χ1) is 29.9. The number of alkyl halides is 3. The van der Waals surface area contributed by atoms with Crippen LogP contribution in [0.3, 0.4) is 0 Å². The molecule has 21 heteroatoms. The molecule has 4 aromatic heterocycles. The first-order valence-corrected chi connectivity index (χ1v) is 20.6. The Bertz CT molecular complexity index is 2530. The number of hydrogen-bond donors (Lipinski definition) is 4. The molecule has 1 aliphatic carbocycles. The zero-order valence-electron chi connectivity index (χ0n) is 33.4. The van der Waals surface area contributed by atoms with Gasteiger partial charge in [0.1, 0.15) is 11.9 Å². The molecular weight excluding hydrogens is 814 g/mol. The Morgan fingerprint density at radius 3 is 2.56 bits per heavy atom. The zero-order chi connectivity index (χ0) is 43.1. The van der Waals surface area contributed by atoms with E-state index in [4.69, 9.17) is 4.52 Å². The van der Waals surface area contributed by atoms with Crippen LogP contribution in [0.5, 0.6) is 0 Å². The van der Waals surface area contributed by atoms with E-state index in [1.807, 2.05) is 12.1 Å². The third-order valence-corrected chi connectivity index (χ3v) is 12.0. The number of carbonyl (C=O) groups excluding carboxylic acids is 4. The van der Waals surface area contributed by atoms with Crippen LogP contribution in [-0.4, -0.2) is 107 Å². The van der Waals surface area contributed by atoms with Crippen LogP contribution in [0.2, 0.25) is 0 Å². The number of aryl methyl sites for hydroxylation is 1. The lowest BCUT2D eigenvalue weighted by atomic mass is 10.0. The van der Waals surface area contributed by atoms with Crippen LogP contribution in [0.1, 0.15) is 90.4 Å². The Kier molecular flexibility index (Phi) is 11.0. The lowest BCUT2D eigenvalue weighted by Gasteiger charge is -2.36. The fourth-order valence-electron chi connectivity index (χ4n) is 8.90. The minimum absolute atomic E-state index is 0.0476. The van der Waals surface area contributed by atoms with Gasteiger partial charge < -0.3 is 40.3 Å². The minimum atomic E-state index is -4.88. The Morgan fingerprint density at radius 1 is 0.984 bits per heavy atom. The maximum absolute atomic E-state index is 14.4. The number of rotatable bonds is 10. The van der Waals surface area contributed by atoms with Gasteiger partial charge in [-0.15, -0.1) is 0 Å². The molecule has 18 nitrogen and oxygen atoms in total. The number of aromatic nitrogens is 6. The number of piperidine rings is 1. The maximum Gasteiger partial charge on any atom is 0.418 e. The van der Waals surface area contributed by atoms with E-state index < -0.39 is 35.7 Å². The van der Waals surface area contributed by atoms with Crippen LogP contribution in [0, 0.1) is 0 Å². The van der Waals surface area contributed by atoms with Crippen molar-refractivity contribution in [2.75, 3.05) is 41.7 Å². The van der Waals surface area contributed by atoms with Crippen LogP contribution in [0.4, 0.5) is 35.0 Å². The summed E-state index contributed by atoms with van der Waals surface area (Å²) < 4.78 is 50.0. The summed E-state index contributed by atoms with van der Waals surface area (Å²) in [7, 11) is 0. The molecule has 3 aliphatic heterocycles. The van der Waals surface area contributed by atoms with Gasteiger partial charge in [-0.25, -0.2) is 19.3 Å². The quantitative estimate of drug-likeness (QED) is 0.150. The number of benzene rings is 1. The average Bonchev–Trinajstić information content (AvgIpc) is 4.09. The second-order valence-electron chi connectivity index (χ2n) is 16.0. The molecule has 1 aromatic carbocycles. The molecule has 5 aromatic rings. The lowest BCUT2D eigenvalue weighted by Crippen LogP contribution is -2.55. The Balaban J connectivity index is 0.772. The minimum Gasteiger partial charge on any atom is -0.372 e. The molecule has 5 amide bonds. The Labute approximate surface area is 351 Å². The van der Waals surface area contributed by atoms with Crippen LogP contribution in [0.15, 0.2) is 53.4 Å². The number of pyridine rings is 1. The molecule has 62 heavy (non-hydrogen) atoms. The van der Waals surface area contributed by atoms with Gasteiger partial charge in [-0.2, -0.15) is 23.3 Å². The van der Waals surface area contributed by atoms with Gasteiger partial charge >= 0.3 is 12.2 Å². The molecule has 2 unspecified atom stereocenters. The third kappa shape index (κ3) is 8.23. The van der Waals surface area contributed by atoms with E-state index in [9.17, 15) is 37.5 Å². The SMILES string of the molecule is O=C1CCC(N2Cc3cc(N4CCN(C(=O)CCCc5nc(-c6ncc(NC(=O)Nc7cnc8ccnn8c7C7CCCC7)cc6C(F)(F)F)no5)CC4)ccc3C2=O)C(O)N1. The summed E-state index contributed by atoms with van der Waals surface area (Å²) in [6, 6.07) is 6.85. The van der Waals surface area contributed by atoms with Crippen molar-refractivity contribution in [3.8, 4) is 11.5 Å². The number of fused-ring (bicyclic) bond motifs is 2. The lowest BCUT2D eigenvalue weighted by molar-refractivity contribution is -0.137. The predicted molar refractivity (Wildman–Crippen MR) is 215 cm³/mol. The Morgan fingerprint density at radius 2 is 1.79 bits per heavy atom. The summed E-state index contributed by atoms with van der Waals surface area (Å²) in [5.74, 6) is -0.702. The highest BCUT2D eigenvalue weighted by Gasteiger charge is 2.40. The average molecular weight is 857 g/mol. The highest BCUT2D eigenvalue weighted by molar-refractivity contribution is 6.00. The molecule has 4 N–H and O–H groups in total. The number of urea groups is 1. The van der Waals surface area contributed by atoms with Crippen molar-refractivity contribution in [3.05, 3.63) is 77.2 Å². The Hall–Kier alpha value is -6.64. The van der Waals surface area contributed by atoms with Crippen molar-refractivity contribution in [3.63, 3.8) is 0 Å². The van der Waals surface area contributed by atoms with Crippen molar-refractivity contribution in [1.29, 1.82) is 0 Å². The van der Waals surface area contributed by atoms with E-state index in [2.05, 4.69) is 46.1 Å². The highest BCUT2D eigenvalue weighted by atomic mass is 19.4. The van der Waals surface area contributed by atoms with Crippen molar-refractivity contribution in [2.24, 2.45) is 0 Å². The molecule has 0 bridgehead atoms. The fourth-order valence-corrected chi connectivity index (χ4v) is 8.90. The molecule has 7 heterocycles. The van der Waals surface area contributed by atoms with E-state index in [0.29, 0.717) is 62.5 Å². The van der Waals surface area contributed by atoms with Gasteiger partial charge in [-0.3, -0.25) is 14.4 Å². The van der Waals surface area contributed by atoms with Gasteiger partial charge in [0.15, 0.2) is 5.65 Å². The number of piperazine rings is 1. The van der Waals surface area contributed by atoms with Crippen molar-refractivity contribution in [1.82, 2.24) is 44.8 Å². The summed E-state index contributed by atoms with van der Waals surface area (Å²) in [6.07, 6.45) is 3.36. The second-order valence-corrected chi connectivity index (χ2v) is 16.0. The van der Waals surface area contributed by atoms with Gasteiger partial charge in [0, 0.05) is 75.2 Å². The van der Waals surface area contributed by atoms with Gasteiger partial charge in [0.25, 0.3) is 5.91 Å². The second kappa shape index (κ2) is 16.7. The number of aliphatic hydroxyl groups is 1. The largest absolute Gasteiger partial charge is 0.418 e. The topological polar surface area (TPSA) is 216 Å². The number of anilines is 3. The first-order valence-electron chi connectivity index (χ1n) is 20.6. The van der Waals surface area contributed by atoms with Gasteiger partial charge in [-0.05, 0) is 55.5 Å². The molecular formula is C41H43F3N12O6. The molecule has 3 fully saturated rings. The third-order valence-electron chi connectivity index (χ3n) is 12.0. The van der Waals surface area contributed by atoms with Crippen LogP contribution in [-0.2, 0) is 28.7 Å². The summed E-state index contributed by atoms with van der Waals surface area (Å²) in [6.45, 7) is 2.40. The maximum atomic E-state index is 14.4. The molecule has 1 saturated carbocycles. The zero-order valence-corrected chi connectivity index (χ0v) is 33.4. The highest BCUT2D eigenvalue weighted by Crippen LogP contribution is 2.39. The van der Waals surface area contributed by atoms with Gasteiger partial charge in [-0.1, -0.05) is 18.0 Å². The smallest absolute Gasteiger partial charge is 0.372 e. The van der Waals surface area contributed by atoms with E-state index >= 15 is 0 Å². The summed E-state index contributed by atoms with van der Waals surface area (Å²) in [4.78, 5) is 69.0. The number of aliphatic hydroxyl groups excluding tert-OH is 1. The molecule has 9 rings (SSSR count). The number of halogens is 3. The fraction of sp³-hybridized carbons (Fsp3) is 0.439. The molecule has 4 aliphatic rings. The van der Waals surface area contributed by atoms with Crippen LogP contribution >= 0.6 is 0 Å². The first kappa shape index (κ1) is 40.7. The van der Waals surface area contributed by atoms with Crippen molar-refractivity contribution < 1.29 is 42.0 Å². The number of carbonyl (C=O) groups is 4.